The Kier molecular flexibility index (Phi) is 4.70. The molecule has 0 aliphatic carbocycles. The second-order valence-electron chi connectivity index (χ2n) is 4.64. The minimum atomic E-state index is -3.45. The summed E-state index contributed by atoms with van der Waals surface area (Å²) in [6, 6.07) is 9.84. The van der Waals surface area contributed by atoms with Gasteiger partial charge in [-0.3, -0.25) is 4.79 Å². The van der Waals surface area contributed by atoms with Crippen LogP contribution in [0.1, 0.15) is 15.2 Å². The largest absolute Gasteiger partial charge is 0.337 e. The van der Waals surface area contributed by atoms with E-state index in [1.165, 1.54) is 28.4 Å². The van der Waals surface area contributed by atoms with Crippen LogP contribution in [0.3, 0.4) is 0 Å². The van der Waals surface area contributed by atoms with Crippen LogP contribution in [0, 0.1) is 0 Å². The fourth-order valence-corrected chi connectivity index (χ4v) is 3.94. The molecule has 7 heteroatoms. The number of halogens is 1. The molecule has 0 spiro atoms. The maximum absolute atomic E-state index is 12.5. The topological polar surface area (TPSA) is 54.5 Å². The first kappa shape index (κ1) is 16.0. The molecule has 0 saturated carbocycles. The van der Waals surface area contributed by atoms with Crippen LogP contribution in [-0.4, -0.2) is 32.5 Å². The van der Waals surface area contributed by atoms with Crippen LogP contribution in [0.4, 0.5) is 0 Å². The molecular formula is C14H14ClNO3S2. The second kappa shape index (κ2) is 6.17. The number of thiophene rings is 1. The number of rotatable bonds is 4. The van der Waals surface area contributed by atoms with Crippen molar-refractivity contribution < 1.29 is 13.2 Å². The average Bonchev–Trinajstić information content (AvgIpc) is 2.82. The molecule has 0 unspecified atom stereocenters. The van der Waals surface area contributed by atoms with Gasteiger partial charge in [-0.05, 0) is 24.3 Å². The van der Waals surface area contributed by atoms with Crippen LogP contribution in [0.5, 0.6) is 0 Å². The van der Waals surface area contributed by atoms with Crippen LogP contribution in [0.15, 0.2) is 41.3 Å². The van der Waals surface area contributed by atoms with Crippen molar-refractivity contribution in [3.8, 4) is 0 Å². The van der Waals surface area contributed by atoms with E-state index in [-0.39, 0.29) is 16.4 Å². The second-order valence-corrected chi connectivity index (χ2v) is 8.42. The number of hydrogen-bond donors (Lipinski definition) is 0. The van der Waals surface area contributed by atoms with Gasteiger partial charge in [-0.1, -0.05) is 23.7 Å². The van der Waals surface area contributed by atoms with Gasteiger partial charge in [-0.2, -0.15) is 0 Å². The summed E-state index contributed by atoms with van der Waals surface area (Å²) in [6.07, 6.45) is 1.10. The number of benzene rings is 1. The molecule has 0 aliphatic heterocycles. The molecule has 0 saturated heterocycles. The van der Waals surface area contributed by atoms with Crippen LogP contribution in [0.2, 0.25) is 4.34 Å². The third-order valence-corrected chi connectivity index (χ3v) is 5.26. The van der Waals surface area contributed by atoms with E-state index in [2.05, 4.69) is 0 Å². The quantitative estimate of drug-likeness (QED) is 0.857. The predicted molar refractivity (Wildman–Crippen MR) is 84.7 cm³/mol. The molecular weight excluding hydrogens is 330 g/mol. The molecule has 0 fully saturated rings. The molecule has 0 radical (unpaired) electrons. The van der Waals surface area contributed by atoms with Gasteiger partial charge in [0.15, 0.2) is 9.84 Å². The van der Waals surface area contributed by atoms with Crippen LogP contribution in [-0.2, 0) is 16.4 Å². The van der Waals surface area contributed by atoms with Gasteiger partial charge in [0.05, 0.1) is 21.3 Å². The summed E-state index contributed by atoms with van der Waals surface area (Å²) < 4.78 is 24.2. The fraction of sp³-hybridized carbons (Fsp3) is 0.214. The summed E-state index contributed by atoms with van der Waals surface area (Å²) in [5, 5.41) is 0. The third-order valence-electron chi connectivity index (χ3n) is 2.89. The first-order chi connectivity index (χ1) is 9.79. The predicted octanol–water partition coefficient (Wildman–Crippen LogP) is 3.08. The van der Waals surface area contributed by atoms with Crippen molar-refractivity contribution in [1.82, 2.24) is 4.90 Å². The van der Waals surface area contributed by atoms with Gasteiger partial charge in [0, 0.05) is 18.2 Å². The highest BCUT2D eigenvalue weighted by atomic mass is 35.5. The van der Waals surface area contributed by atoms with Crippen molar-refractivity contribution in [3.63, 3.8) is 0 Å². The summed E-state index contributed by atoms with van der Waals surface area (Å²) in [7, 11) is -1.81. The van der Waals surface area contributed by atoms with Crippen LogP contribution in [0.25, 0.3) is 0 Å². The molecule has 0 N–H and O–H groups in total. The van der Waals surface area contributed by atoms with E-state index in [9.17, 15) is 13.2 Å². The Hall–Kier alpha value is -1.37. The van der Waals surface area contributed by atoms with E-state index >= 15 is 0 Å². The van der Waals surface area contributed by atoms with Gasteiger partial charge in [0.25, 0.3) is 5.91 Å². The molecule has 2 rings (SSSR count). The van der Waals surface area contributed by atoms with Gasteiger partial charge in [-0.25, -0.2) is 8.42 Å². The summed E-state index contributed by atoms with van der Waals surface area (Å²) in [5.74, 6) is -0.333. The van der Waals surface area contributed by atoms with E-state index in [1.807, 2.05) is 6.07 Å². The minimum Gasteiger partial charge on any atom is -0.337 e. The van der Waals surface area contributed by atoms with Crippen molar-refractivity contribution in [3.05, 3.63) is 51.2 Å². The zero-order chi connectivity index (χ0) is 15.6. The fourth-order valence-electron chi connectivity index (χ4n) is 1.91. The Balaban J connectivity index is 2.28. The highest BCUT2D eigenvalue weighted by Crippen LogP contribution is 2.23. The number of carbonyl (C=O) groups excluding carboxylic acids is 1. The van der Waals surface area contributed by atoms with Crippen LogP contribution >= 0.6 is 22.9 Å². The number of nitrogens with zero attached hydrogens (tertiary/aromatic N) is 1. The zero-order valence-electron chi connectivity index (χ0n) is 11.5. The molecule has 0 aliphatic rings. The molecule has 1 heterocycles. The number of carbonyl (C=O) groups is 1. The average molecular weight is 344 g/mol. The van der Waals surface area contributed by atoms with E-state index in [1.54, 1.807) is 25.2 Å². The molecule has 4 nitrogen and oxygen atoms in total. The molecule has 21 heavy (non-hydrogen) atoms. The lowest BCUT2D eigenvalue weighted by molar-refractivity contribution is 0.0782. The monoisotopic (exact) mass is 343 g/mol. The van der Waals surface area contributed by atoms with Gasteiger partial charge >= 0.3 is 0 Å². The normalized spacial score (nSPS) is 11.4. The minimum absolute atomic E-state index is 0.0473. The lowest BCUT2D eigenvalue weighted by Crippen LogP contribution is -2.27. The molecule has 112 valence electrons. The van der Waals surface area contributed by atoms with E-state index in [4.69, 9.17) is 11.6 Å². The molecule has 1 aromatic heterocycles. The van der Waals surface area contributed by atoms with Crippen LogP contribution < -0.4 is 0 Å². The van der Waals surface area contributed by atoms with E-state index < -0.39 is 9.84 Å². The van der Waals surface area contributed by atoms with E-state index in [0.29, 0.717) is 10.9 Å². The van der Waals surface area contributed by atoms with Crippen molar-refractivity contribution >= 4 is 38.7 Å². The lowest BCUT2D eigenvalue weighted by atomic mass is 10.2. The van der Waals surface area contributed by atoms with Gasteiger partial charge in [0.2, 0.25) is 0 Å². The summed E-state index contributed by atoms with van der Waals surface area (Å²) in [4.78, 5) is 14.9. The van der Waals surface area contributed by atoms with Gasteiger partial charge in [0.1, 0.15) is 0 Å². The number of hydrogen-bond acceptors (Lipinski definition) is 4. The van der Waals surface area contributed by atoms with Crippen molar-refractivity contribution in [2.75, 3.05) is 13.3 Å². The third kappa shape index (κ3) is 3.84. The first-order valence-corrected chi connectivity index (χ1v) is 9.16. The lowest BCUT2D eigenvalue weighted by Gasteiger charge is -2.17. The van der Waals surface area contributed by atoms with Gasteiger partial charge < -0.3 is 4.90 Å². The smallest absolute Gasteiger partial charge is 0.255 e. The molecule has 0 bridgehead atoms. The SMILES string of the molecule is CN(Cc1ccc(Cl)s1)C(=O)c1ccccc1S(C)(=O)=O. The molecule has 1 aromatic carbocycles. The summed E-state index contributed by atoms with van der Waals surface area (Å²) in [6.45, 7) is 0.383. The maximum atomic E-state index is 12.5. The Morgan fingerprint density at radius 1 is 1.24 bits per heavy atom. The summed E-state index contributed by atoms with van der Waals surface area (Å²) >= 11 is 7.25. The van der Waals surface area contributed by atoms with E-state index in [0.717, 1.165) is 11.1 Å². The molecule has 0 atom stereocenters. The Morgan fingerprint density at radius 3 is 2.48 bits per heavy atom. The Bertz CT molecular complexity index is 768. The van der Waals surface area contributed by atoms with Crippen molar-refractivity contribution in [2.45, 2.75) is 11.4 Å². The Labute approximate surface area is 132 Å². The Morgan fingerprint density at radius 2 is 1.90 bits per heavy atom. The first-order valence-electron chi connectivity index (χ1n) is 6.08. The number of amides is 1. The molecule has 1 amide bonds. The zero-order valence-corrected chi connectivity index (χ0v) is 13.9. The van der Waals surface area contributed by atoms with Crippen molar-refractivity contribution in [1.29, 1.82) is 0 Å². The standard InChI is InChI=1S/C14H14ClNO3S2/c1-16(9-10-7-8-13(15)20-10)14(17)11-5-3-4-6-12(11)21(2,18)19/h3-8H,9H2,1-2H3. The number of sulfone groups is 1. The highest BCUT2D eigenvalue weighted by molar-refractivity contribution is 7.90. The maximum Gasteiger partial charge on any atom is 0.255 e. The highest BCUT2D eigenvalue weighted by Gasteiger charge is 2.21. The molecule has 2 aromatic rings. The van der Waals surface area contributed by atoms with Gasteiger partial charge in [-0.15, -0.1) is 11.3 Å². The summed E-state index contributed by atoms with van der Waals surface area (Å²) in [5.41, 5.74) is 0.185. The van der Waals surface area contributed by atoms with Crippen molar-refractivity contribution in [2.24, 2.45) is 0 Å².